The van der Waals surface area contributed by atoms with E-state index in [-0.39, 0.29) is 37.4 Å². The first-order chi connectivity index (χ1) is 14.8. The molecule has 4 N–H and O–H groups in total. The molecule has 1 aromatic carbocycles. The number of aliphatic hydroxyl groups excluding tert-OH is 1. The summed E-state index contributed by atoms with van der Waals surface area (Å²) in [5.41, 5.74) is 7.37. The van der Waals surface area contributed by atoms with Gasteiger partial charge in [0, 0.05) is 39.8 Å². The second-order valence-electron chi connectivity index (χ2n) is 8.09. The lowest BCUT2D eigenvalue weighted by atomic mass is 9.83. The SMILES string of the molecule is COCCCOc1cc(C[C@@H](C[C@H](N)[C@@H](O)CNC(=O)COC)C(C)C)ccc1OC.Cl. The maximum atomic E-state index is 11.5. The largest absolute Gasteiger partial charge is 0.493 e. The van der Waals surface area contributed by atoms with E-state index >= 15 is 0 Å². The molecule has 0 fully saturated rings. The monoisotopic (exact) mass is 476 g/mol. The van der Waals surface area contributed by atoms with Gasteiger partial charge in [0.15, 0.2) is 11.5 Å². The number of methoxy groups -OCH3 is 3. The molecule has 0 aliphatic heterocycles. The average Bonchev–Trinajstić information content (AvgIpc) is 2.74. The molecule has 0 aliphatic carbocycles. The Bertz CT molecular complexity index is 647. The van der Waals surface area contributed by atoms with Crippen molar-refractivity contribution in [2.75, 3.05) is 47.7 Å². The van der Waals surface area contributed by atoms with Gasteiger partial charge >= 0.3 is 0 Å². The summed E-state index contributed by atoms with van der Waals surface area (Å²) in [6.45, 7) is 5.56. The van der Waals surface area contributed by atoms with Crippen LogP contribution in [0.5, 0.6) is 11.5 Å². The van der Waals surface area contributed by atoms with Gasteiger partial charge in [-0.05, 0) is 42.4 Å². The second kappa shape index (κ2) is 17.0. The van der Waals surface area contributed by atoms with Gasteiger partial charge in [0.1, 0.15) is 6.61 Å². The Hall–Kier alpha value is -1.58. The maximum Gasteiger partial charge on any atom is 0.246 e. The molecule has 0 saturated heterocycles. The molecule has 0 heterocycles. The standard InChI is InChI=1S/C23H40N2O6.ClH/c1-16(2)18(13-19(24)20(26)14-25-23(27)15-29-4)11-17-7-8-21(30-5)22(12-17)31-10-6-9-28-3;/h7-8,12,16,18-20,26H,6,9-11,13-15,24H2,1-5H3,(H,25,27);1H/t18-,19-,20-;/m0./s1. The third-order valence-corrected chi connectivity index (χ3v) is 5.27. The summed E-state index contributed by atoms with van der Waals surface area (Å²) in [4.78, 5) is 11.5. The van der Waals surface area contributed by atoms with Crippen molar-refractivity contribution in [1.29, 1.82) is 0 Å². The highest BCUT2D eigenvalue weighted by Gasteiger charge is 2.23. The molecule has 0 unspecified atom stereocenters. The maximum absolute atomic E-state index is 11.5. The summed E-state index contributed by atoms with van der Waals surface area (Å²) in [6.07, 6.45) is 1.41. The minimum atomic E-state index is -0.822. The summed E-state index contributed by atoms with van der Waals surface area (Å²) in [6, 6.07) is 5.51. The molecule has 0 radical (unpaired) electrons. The highest BCUT2D eigenvalue weighted by atomic mass is 35.5. The van der Waals surface area contributed by atoms with Gasteiger partial charge in [-0.15, -0.1) is 12.4 Å². The van der Waals surface area contributed by atoms with E-state index in [1.165, 1.54) is 7.11 Å². The molecular formula is C23H41ClN2O6. The number of rotatable bonds is 16. The first-order valence-corrected chi connectivity index (χ1v) is 10.8. The Labute approximate surface area is 198 Å². The molecule has 0 aliphatic rings. The van der Waals surface area contributed by atoms with Gasteiger partial charge in [-0.2, -0.15) is 0 Å². The van der Waals surface area contributed by atoms with E-state index in [4.69, 9.17) is 24.7 Å². The van der Waals surface area contributed by atoms with Crippen LogP contribution in [0.1, 0.15) is 32.3 Å². The van der Waals surface area contributed by atoms with Gasteiger partial charge in [-0.3, -0.25) is 4.79 Å². The normalized spacial score (nSPS) is 13.8. The van der Waals surface area contributed by atoms with Gasteiger partial charge < -0.3 is 35.1 Å². The smallest absolute Gasteiger partial charge is 0.246 e. The third kappa shape index (κ3) is 11.3. The van der Waals surface area contributed by atoms with Crippen LogP contribution in [0.3, 0.4) is 0 Å². The first-order valence-electron chi connectivity index (χ1n) is 10.8. The molecule has 0 saturated carbocycles. The number of carbonyl (C=O) groups is 1. The van der Waals surface area contributed by atoms with Crippen molar-refractivity contribution in [3.63, 3.8) is 0 Å². The van der Waals surface area contributed by atoms with E-state index in [2.05, 4.69) is 19.2 Å². The fraction of sp³-hybridized carbons (Fsp3) is 0.696. The van der Waals surface area contributed by atoms with Crippen LogP contribution in [-0.2, 0) is 20.7 Å². The molecule has 8 nitrogen and oxygen atoms in total. The fourth-order valence-electron chi connectivity index (χ4n) is 3.30. The Morgan fingerprint density at radius 2 is 1.84 bits per heavy atom. The van der Waals surface area contributed by atoms with Crippen LogP contribution < -0.4 is 20.5 Å². The molecule has 9 heteroatoms. The van der Waals surface area contributed by atoms with Crippen molar-refractivity contribution in [1.82, 2.24) is 5.32 Å². The number of ether oxygens (including phenoxy) is 4. The molecule has 1 rings (SSSR count). The van der Waals surface area contributed by atoms with Gasteiger partial charge in [0.25, 0.3) is 0 Å². The molecular weight excluding hydrogens is 436 g/mol. The molecule has 0 spiro atoms. The average molecular weight is 477 g/mol. The molecule has 1 aromatic rings. The number of nitrogens with two attached hydrogens (primary N) is 1. The van der Waals surface area contributed by atoms with Gasteiger partial charge in [0.2, 0.25) is 5.91 Å². The van der Waals surface area contributed by atoms with Crippen molar-refractivity contribution >= 4 is 18.3 Å². The van der Waals surface area contributed by atoms with Crippen LogP contribution in [0, 0.1) is 11.8 Å². The van der Waals surface area contributed by atoms with Crippen LogP contribution in [0.25, 0.3) is 0 Å². The molecule has 0 bridgehead atoms. The fourth-order valence-corrected chi connectivity index (χ4v) is 3.30. The number of halogens is 1. The Kier molecular flexibility index (Phi) is 16.1. The van der Waals surface area contributed by atoms with Crippen LogP contribution in [0.15, 0.2) is 18.2 Å². The van der Waals surface area contributed by atoms with E-state index in [0.29, 0.717) is 37.1 Å². The lowest BCUT2D eigenvalue weighted by molar-refractivity contribution is -0.125. The van der Waals surface area contributed by atoms with Crippen molar-refractivity contribution in [3.8, 4) is 11.5 Å². The lowest BCUT2D eigenvalue weighted by Gasteiger charge is -2.27. The predicted octanol–water partition coefficient (Wildman–Crippen LogP) is 2.19. The van der Waals surface area contributed by atoms with Crippen LogP contribution in [-0.4, -0.2) is 70.9 Å². The van der Waals surface area contributed by atoms with E-state index in [1.807, 2.05) is 18.2 Å². The molecule has 32 heavy (non-hydrogen) atoms. The summed E-state index contributed by atoms with van der Waals surface area (Å²) in [7, 11) is 4.74. The van der Waals surface area contributed by atoms with Crippen molar-refractivity contribution in [2.24, 2.45) is 17.6 Å². The van der Waals surface area contributed by atoms with Crippen LogP contribution in [0.2, 0.25) is 0 Å². The molecule has 186 valence electrons. The minimum Gasteiger partial charge on any atom is -0.493 e. The quantitative estimate of drug-likeness (QED) is 0.313. The van der Waals surface area contributed by atoms with Crippen molar-refractivity contribution in [3.05, 3.63) is 23.8 Å². The summed E-state index contributed by atoms with van der Waals surface area (Å²) >= 11 is 0. The highest BCUT2D eigenvalue weighted by molar-refractivity contribution is 5.85. The van der Waals surface area contributed by atoms with E-state index in [9.17, 15) is 9.90 Å². The number of benzene rings is 1. The summed E-state index contributed by atoms with van der Waals surface area (Å²) < 4.78 is 21.1. The zero-order valence-corrected chi connectivity index (χ0v) is 20.8. The van der Waals surface area contributed by atoms with E-state index in [0.717, 1.165) is 18.4 Å². The van der Waals surface area contributed by atoms with E-state index < -0.39 is 12.1 Å². The topological polar surface area (TPSA) is 112 Å². The Balaban J connectivity index is 0.00000961. The second-order valence-corrected chi connectivity index (χ2v) is 8.09. The summed E-state index contributed by atoms with van der Waals surface area (Å²) in [5.74, 6) is 1.76. The Morgan fingerprint density at radius 3 is 2.44 bits per heavy atom. The van der Waals surface area contributed by atoms with Crippen LogP contribution >= 0.6 is 12.4 Å². The lowest BCUT2D eigenvalue weighted by Crippen LogP contribution is -2.45. The zero-order chi connectivity index (χ0) is 23.2. The third-order valence-electron chi connectivity index (χ3n) is 5.27. The number of hydrogen-bond acceptors (Lipinski definition) is 7. The number of hydrogen-bond donors (Lipinski definition) is 3. The number of amides is 1. The number of nitrogens with one attached hydrogen (secondary N) is 1. The minimum absolute atomic E-state index is 0. The Morgan fingerprint density at radius 1 is 1.12 bits per heavy atom. The van der Waals surface area contributed by atoms with E-state index in [1.54, 1.807) is 14.2 Å². The zero-order valence-electron chi connectivity index (χ0n) is 20.0. The van der Waals surface area contributed by atoms with Gasteiger partial charge in [0.05, 0.1) is 19.8 Å². The van der Waals surface area contributed by atoms with Crippen molar-refractivity contribution < 1.29 is 28.8 Å². The molecule has 3 atom stereocenters. The highest BCUT2D eigenvalue weighted by Crippen LogP contribution is 2.31. The first kappa shape index (κ1) is 30.4. The van der Waals surface area contributed by atoms with Crippen LogP contribution in [0.4, 0.5) is 0 Å². The number of carbonyl (C=O) groups excluding carboxylic acids is 1. The number of aliphatic hydroxyl groups is 1. The summed E-state index contributed by atoms with van der Waals surface area (Å²) in [5, 5.41) is 13.0. The van der Waals surface area contributed by atoms with Gasteiger partial charge in [-0.1, -0.05) is 19.9 Å². The van der Waals surface area contributed by atoms with Crippen molar-refractivity contribution in [2.45, 2.75) is 45.3 Å². The molecule has 1 amide bonds. The predicted molar refractivity (Wildman–Crippen MR) is 128 cm³/mol. The van der Waals surface area contributed by atoms with Gasteiger partial charge in [-0.25, -0.2) is 0 Å². The molecule has 0 aromatic heterocycles.